The summed E-state index contributed by atoms with van der Waals surface area (Å²) in [6.07, 6.45) is 9.99. The summed E-state index contributed by atoms with van der Waals surface area (Å²) in [5.74, 6) is -1.94. The third kappa shape index (κ3) is 7.00. The Morgan fingerprint density at radius 1 is 1.30 bits per heavy atom. The van der Waals surface area contributed by atoms with Crippen LogP contribution in [0.25, 0.3) is 0 Å². The Kier molecular flexibility index (Phi) is 8.41. The maximum Gasteiger partial charge on any atom is 0.307 e. The van der Waals surface area contributed by atoms with Crippen molar-refractivity contribution < 1.29 is 24.2 Å². The van der Waals surface area contributed by atoms with Gasteiger partial charge in [-0.25, -0.2) is 0 Å². The number of esters is 1. The molecular weight excluding hydrogens is 344 g/mol. The van der Waals surface area contributed by atoms with E-state index in [1.165, 1.54) is 0 Å². The molecule has 0 radical (unpaired) electrons. The SMILES string of the molecule is CC/C=C/C=C(C)/C=C/C1=C(C)C(=O)C(OC(=O)CCC(=O)O)CC1(C)C. The highest BCUT2D eigenvalue weighted by Crippen LogP contribution is 2.40. The van der Waals surface area contributed by atoms with Gasteiger partial charge >= 0.3 is 11.9 Å². The fourth-order valence-corrected chi connectivity index (χ4v) is 3.05. The molecule has 1 unspecified atom stereocenters. The molecule has 0 spiro atoms. The predicted molar refractivity (Wildman–Crippen MR) is 105 cm³/mol. The highest BCUT2D eigenvalue weighted by atomic mass is 16.5. The van der Waals surface area contributed by atoms with Crippen LogP contribution >= 0.6 is 0 Å². The molecule has 5 nitrogen and oxygen atoms in total. The number of ketones is 1. The summed E-state index contributed by atoms with van der Waals surface area (Å²) < 4.78 is 5.27. The van der Waals surface area contributed by atoms with Crippen molar-refractivity contribution in [2.75, 3.05) is 0 Å². The maximum atomic E-state index is 12.6. The second kappa shape index (κ2) is 10.0. The van der Waals surface area contributed by atoms with E-state index in [1.54, 1.807) is 6.92 Å². The van der Waals surface area contributed by atoms with Crippen LogP contribution in [0.1, 0.15) is 60.3 Å². The molecule has 0 aromatic heterocycles. The number of allylic oxidation sites excluding steroid dienone is 7. The molecule has 0 heterocycles. The molecule has 0 aromatic carbocycles. The van der Waals surface area contributed by atoms with Gasteiger partial charge < -0.3 is 9.84 Å². The number of rotatable bonds is 8. The van der Waals surface area contributed by atoms with E-state index in [2.05, 4.69) is 13.0 Å². The van der Waals surface area contributed by atoms with E-state index in [0.29, 0.717) is 12.0 Å². The Hall–Kier alpha value is -2.43. The second-order valence-corrected chi connectivity index (χ2v) is 7.44. The number of aliphatic carboxylic acids is 1. The van der Waals surface area contributed by atoms with Crippen LogP contribution in [0.3, 0.4) is 0 Å². The molecule has 1 aliphatic rings. The van der Waals surface area contributed by atoms with Crippen LogP contribution in [0.2, 0.25) is 0 Å². The van der Waals surface area contributed by atoms with E-state index in [-0.39, 0.29) is 24.0 Å². The zero-order chi connectivity index (χ0) is 20.6. The summed E-state index contributed by atoms with van der Waals surface area (Å²) in [5, 5.41) is 8.65. The van der Waals surface area contributed by atoms with E-state index in [1.807, 2.05) is 45.1 Å². The third-order valence-electron chi connectivity index (χ3n) is 4.55. The van der Waals surface area contributed by atoms with Gasteiger partial charge in [-0.15, -0.1) is 0 Å². The predicted octanol–water partition coefficient (Wildman–Crippen LogP) is 4.55. The molecule has 148 valence electrons. The summed E-state index contributed by atoms with van der Waals surface area (Å²) in [7, 11) is 0. The highest BCUT2D eigenvalue weighted by Gasteiger charge is 2.39. The van der Waals surface area contributed by atoms with Gasteiger partial charge in [0.1, 0.15) is 0 Å². The Bertz CT molecular complexity index is 704. The summed E-state index contributed by atoms with van der Waals surface area (Å²) in [5.41, 5.74) is 2.24. The number of Topliss-reactive ketones (excluding diaryl/α,β-unsaturated/α-hetero) is 1. The Morgan fingerprint density at radius 3 is 2.56 bits per heavy atom. The zero-order valence-corrected chi connectivity index (χ0v) is 16.9. The minimum absolute atomic E-state index is 0.217. The number of hydrogen-bond acceptors (Lipinski definition) is 4. The van der Waals surface area contributed by atoms with Gasteiger partial charge in [0.2, 0.25) is 0 Å². The van der Waals surface area contributed by atoms with Gasteiger partial charge in [0.15, 0.2) is 11.9 Å². The minimum atomic E-state index is -1.07. The highest BCUT2D eigenvalue weighted by molar-refractivity contribution is 6.01. The molecule has 5 heteroatoms. The van der Waals surface area contributed by atoms with Crippen LogP contribution < -0.4 is 0 Å². The molecule has 0 aliphatic heterocycles. The Balaban J connectivity index is 2.95. The molecule has 1 aliphatic carbocycles. The third-order valence-corrected chi connectivity index (χ3v) is 4.55. The van der Waals surface area contributed by atoms with Crippen molar-refractivity contribution in [2.45, 2.75) is 66.4 Å². The summed E-state index contributed by atoms with van der Waals surface area (Å²) >= 11 is 0. The van der Waals surface area contributed by atoms with Crippen molar-refractivity contribution in [3.63, 3.8) is 0 Å². The number of carbonyl (C=O) groups excluding carboxylic acids is 2. The lowest BCUT2D eigenvalue weighted by Gasteiger charge is -2.36. The standard InChI is InChI=1S/C22H30O5/c1-6-7-8-9-15(2)10-11-17-16(3)21(26)18(14-22(17,4)5)27-20(25)13-12-19(23)24/h7-11,18H,6,12-14H2,1-5H3,(H,23,24)/b8-7+,11-10+,15-9+. The number of carboxylic acids is 1. The summed E-state index contributed by atoms with van der Waals surface area (Å²) in [4.78, 5) is 35.0. The van der Waals surface area contributed by atoms with Gasteiger partial charge in [-0.1, -0.05) is 56.7 Å². The van der Waals surface area contributed by atoms with E-state index in [0.717, 1.165) is 17.6 Å². The van der Waals surface area contributed by atoms with Crippen LogP contribution in [0.15, 0.2) is 47.1 Å². The fraction of sp³-hybridized carbons (Fsp3) is 0.500. The molecule has 1 N–H and O–H groups in total. The van der Waals surface area contributed by atoms with Crippen molar-refractivity contribution in [1.29, 1.82) is 0 Å². The van der Waals surface area contributed by atoms with Crippen LogP contribution in [-0.2, 0) is 19.1 Å². The van der Waals surface area contributed by atoms with E-state index in [9.17, 15) is 14.4 Å². The van der Waals surface area contributed by atoms with Gasteiger partial charge in [-0.2, -0.15) is 0 Å². The smallest absolute Gasteiger partial charge is 0.307 e. The molecule has 0 saturated carbocycles. The lowest BCUT2D eigenvalue weighted by Crippen LogP contribution is -2.39. The Labute approximate surface area is 161 Å². The van der Waals surface area contributed by atoms with Crippen LogP contribution in [-0.4, -0.2) is 28.9 Å². The van der Waals surface area contributed by atoms with E-state index < -0.39 is 18.0 Å². The number of carbonyl (C=O) groups is 3. The molecule has 0 aromatic rings. The first-order chi connectivity index (χ1) is 12.6. The van der Waals surface area contributed by atoms with Crippen LogP contribution in [0, 0.1) is 5.41 Å². The molecule has 0 amide bonds. The lowest BCUT2D eigenvalue weighted by atomic mass is 9.71. The number of hydrogen-bond donors (Lipinski definition) is 1. The quantitative estimate of drug-likeness (QED) is 0.498. The first-order valence-corrected chi connectivity index (χ1v) is 9.26. The topological polar surface area (TPSA) is 80.7 Å². The molecule has 0 saturated heterocycles. The first-order valence-electron chi connectivity index (χ1n) is 9.26. The molecule has 27 heavy (non-hydrogen) atoms. The van der Waals surface area contributed by atoms with Gasteiger partial charge in [0.05, 0.1) is 12.8 Å². The largest absolute Gasteiger partial charge is 0.481 e. The fourth-order valence-electron chi connectivity index (χ4n) is 3.05. The molecular formula is C22H30O5. The van der Waals surface area contributed by atoms with Crippen molar-refractivity contribution >= 4 is 17.7 Å². The van der Waals surface area contributed by atoms with Gasteiger partial charge in [0, 0.05) is 6.42 Å². The maximum absolute atomic E-state index is 12.6. The monoisotopic (exact) mass is 374 g/mol. The first kappa shape index (κ1) is 22.6. The van der Waals surface area contributed by atoms with Crippen molar-refractivity contribution in [3.05, 3.63) is 47.1 Å². The van der Waals surface area contributed by atoms with Gasteiger partial charge in [0.25, 0.3) is 0 Å². The zero-order valence-electron chi connectivity index (χ0n) is 16.9. The van der Waals surface area contributed by atoms with Crippen molar-refractivity contribution in [2.24, 2.45) is 5.41 Å². The molecule has 1 rings (SSSR count). The van der Waals surface area contributed by atoms with E-state index in [4.69, 9.17) is 9.84 Å². The van der Waals surface area contributed by atoms with Crippen molar-refractivity contribution in [1.82, 2.24) is 0 Å². The minimum Gasteiger partial charge on any atom is -0.481 e. The normalized spacial score (nSPS) is 20.6. The molecule has 0 bridgehead atoms. The average molecular weight is 374 g/mol. The number of carboxylic acid groups (broad SMARTS) is 1. The molecule has 0 fully saturated rings. The molecule has 1 atom stereocenters. The van der Waals surface area contributed by atoms with Crippen molar-refractivity contribution in [3.8, 4) is 0 Å². The summed E-state index contributed by atoms with van der Waals surface area (Å²) in [6, 6.07) is 0. The Morgan fingerprint density at radius 2 is 1.96 bits per heavy atom. The van der Waals surface area contributed by atoms with Gasteiger partial charge in [-0.3, -0.25) is 14.4 Å². The van der Waals surface area contributed by atoms with E-state index >= 15 is 0 Å². The van der Waals surface area contributed by atoms with Crippen LogP contribution in [0.4, 0.5) is 0 Å². The van der Waals surface area contributed by atoms with Gasteiger partial charge in [-0.05, 0) is 36.8 Å². The lowest BCUT2D eigenvalue weighted by molar-refractivity contribution is -0.157. The number of ether oxygens (including phenoxy) is 1. The second-order valence-electron chi connectivity index (χ2n) is 7.44. The summed E-state index contributed by atoms with van der Waals surface area (Å²) in [6.45, 7) is 9.84. The van der Waals surface area contributed by atoms with Crippen LogP contribution in [0.5, 0.6) is 0 Å². The average Bonchev–Trinajstić information content (AvgIpc) is 2.57.